The van der Waals surface area contributed by atoms with Gasteiger partial charge in [-0.25, -0.2) is 9.97 Å². The summed E-state index contributed by atoms with van der Waals surface area (Å²) in [6.45, 7) is 4.33. The second kappa shape index (κ2) is 5.83. The van der Waals surface area contributed by atoms with Gasteiger partial charge in [0.1, 0.15) is 17.5 Å². The summed E-state index contributed by atoms with van der Waals surface area (Å²) in [5, 5.41) is 0.448. The molecule has 0 atom stereocenters. The zero-order chi connectivity index (χ0) is 13.0. The lowest BCUT2D eigenvalue weighted by atomic mass is 10.2. The maximum atomic E-state index is 5.87. The Hall–Kier alpha value is -1.61. The van der Waals surface area contributed by atoms with Crippen molar-refractivity contribution in [3.05, 3.63) is 52.6 Å². The number of aryl methyl sites for hydroxylation is 2. The van der Waals surface area contributed by atoms with Crippen LogP contribution in [0.4, 0.5) is 0 Å². The van der Waals surface area contributed by atoms with Gasteiger partial charge in [-0.3, -0.25) is 0 Å². The molecule has 0 fully saturated rings. The number of rotatable bonds is 4. The lowest BCUT2D eigenvalue weighted by Crippen LogP contribution is -2.03. The van der Waals surface area contributed by atoms with Crippen LogP contribution in [-0.2, 0) is 13.0 Å². The number of hydrogen-bond donors (Lipinski definition) is 0. The third-order valence-electron chi connectivity index (χ3n) is 2.54. The van der Waals surface area contributed by atoms with Crippen LogP contribution >= 0.6 is 11.6 Å². The summed E-state index contributed by atoms with van der Waals surface area (Å²) in [6.07, 6.45) is 0.990. The smallest absolute Gasteiger partial charge is 0.167 e. The van der Waals surface area contributed by atoms with E-state index < -0.39 is 0 Å². The van der Waals surface area contributed by atoms with Crippen molar-refractivity contribution in [3.63, 3.8) is 0 Å². The Kier molecular flexibility index (Phi) is 4.15. The third kappa shape index (κ3) is 3.44. The minimum atomic E-state index is 0.328. The third-order valence-corrected chi connectivity index (χ3v) is 2.74. The first kappa shape index (κ1) is 12.8. The van der Waals surface area contributed by atoms with Gasteiger partial charge in [-0.1, -0.05) is 30.7 Å². The quantitative estimate of drug-likeness (QED) is 0.790. The van der Waals surface area contributed by atoms with Gasteiger partial charge in [-0.15, -0.1) is 0 Å². The molecule has 0 amide bonds. The van der Waals surface area contributed by atoms with Crippen molar-refractivity contribution in [2.75, 3.05) is 0 Å². The lowest BCUT2D eigenvalue weighted by Gasteiger charge is -2.07. The van der Waals surface area contributed by atoms with Crippen LogP contribution < -0.4 is 4.74 Å². The van der Waals surface area contributed by atoms with E-state index in [1.54, 1.807) is 6.07 Å². The van der Waals surface area contributed by atoms with E-state index in [9.17, 15) is 0 Å². The molecule has 18 heavy (non-hydrogen) atoms. The first-order chi connectivity index (χ1) is 8.67. The molecule has 0 saturated heterocycles. The molecule has 2 rings (SSSR count). The Morgan fingerprint density at radius 2 is 2.06 bits per heavy atom. The Labute approximate surface area is 112 Å². The number of halogens is 1. The summed E-state index contributed by atoms with van der Waals surface area (Å²) in [4.78, 5) is 8.39. The molecule has 2 aromatic rings. The standard InChI is InChI=1S/C14H15ClN2O/c1-3-11-5-4-6-12(8-11)18-9-14-16-10(2)7-13(15)17-14/h4-8H,3,9H2,1-2H3. The summed E-state index contributed by atoms with van der Waals surface area (Å²) >= 11 is 5.87. The average Bonchev–Trinajstić information content (AvgIpc) is 2.35. The Balaban J connectivity index is 2.06. The van der Waals surface area contributed by atoms with Crippen molar-refractivity contribution >= 4 is 11.6 Å². The van der Waals surface area contributed by atoms with Gasteiger partial charge in [-0.2, -0.15) is 0 Å². The van der Waals surface area contributed by atoms with Crippen molar-refractivity contribution < 1.29 is 4.74 Å². The molecule has 0 aliphatic heterocycles. The van der Waals surface area contributed by atoms with Crippen LogP contribution in [0.5, 0.6) is 5.75 Å². The van der Waals surface area contributed by atoms with Gasteiger partial charge in [0.05, 0.1) is 0 Å². The topological polar surface area (TPSA) is 35.0 Å². The summed E-state index contributed by atoms with van der Waals surface area (Å²) in [7, 11) is 0. The maximum Gasteiger partial charge on any atom is 0.167 e. The first-order valence-corrected chi connectivity index (χ1v) is 6.27. The first-order valence-electron chi connectivity index (χ1n) is 5.89. The minimum Gasteiger partial charge on any atom is -0.486 e. The van der Waals surface area contributed by atoms with Crippen LogP contribution in [0.2, 0.25) is 5.15 Å². The Morgan fingerprint density at radius 1 is 1.22 bits per heavy atom. The fraction of sp³-hybridized carbons (Fsp3) is 0.286. The molecule has 1 aromatic carbocycles. The van der Waals surface area contributed by atoms with Crippen molar-refractivity contribution in [1.29, 1.82) is 0 Å². The number of benzene rings is 1. The van der Waals surface area contributed by atoms with Gasteiger partial charge >= 0.3 is 0 Å². The van der Waals surface area contributed by atoms with Crippen LogP contribution in [0.15, 0.2) is 30.3 Å². The number of ether oxygens (including phenoxy) is 1. The predicted molar refractivity (Wildman–Crippen MR) is 71.9 cm³/mol. The van der Waals surface area contributed by atoms with E-state index in [1.807, 2.05) is 25.1 Å². The minimum absolute atomic E-state index is 0.328. The van der Waals surface area contributed by atoms with E-state index in [1.165, 1.54) is 5.56 Å². The molecule has 0 aliphatic carbocycles. The molecule has 0 spiro atoms. The number of aromatic nitrogens is 2. The van der Waals surface area contributed by atoms with Gasteiger partial charge in [0.25, 0.3) is 0 Å². The Bertz CT molecular complexity index is 523. The monoisotopic (exact) mass is 262 g/mol. The highest BCUT2D eigenvalue weighted by Gasteiger charge is 2.02. The summed E-state index contributed by atoms with van der Waals surface area (Å²) in [6, 6.07) is 9.74. The molecule has 0 bridgehead atoms. The van der Waals surface area contributed by atoms with E-state index in [4.69, 9.17) is 16.3 Å². The molecule has 94 valence electrons. The zero-order valence-electron chi connectivity index (χ0n) is 10.5. The highest BCUT2D eigenvalue weighted by molar-refractivity contribution is 6.29. The van der Waals surface area contributed by atoms with Crippen LogP contribution in [0.3, 0.4) is 0 Å². The van der Waals surface area contributed by atoms with Gasteiger partial charge < -0.3 is 4.74 Å². The zero-order valence-corrected chi connectivity index (χ0v) is 11.2. The molecule has 0 saturated carbocycles. The average molecular weight is 263 g/mol. The lowest BCUT2D eigenvalue weighted by molar-refractivity contribution is 0.295. The highest BCUT2D eigenvalue weighted by Crippen LogP contribution is 2.15. The summed E-state index contributed by atoms with van der Waals surface area (Å²) in [5.41, 5.74) is 2.09. The molecular weight excluding hydrogens is 248 g/mol. The van der Waals surface area contributed by atoms with E-state index in [0.29, 0.717) is 17.6 Å². The van der Waals surface area contributed by atoms with Gasteiger partial charge in [0.2, 0.25) is 0 Å². The van der Waals surface area contributed by atoms with Crippen LogP contribution in [0, 0.1) is 6.92 Å². The molecule has 0 aliphatic rings. The van der Waals surface area contributed by atoms with Gasteiger partial charge in [-0.05, 0) is 37.1 Å². The highest BCUT2D eigenvalue weighted by atomic mass is 35.5. The van der Waals surface area contributed by atoms with E-state index >= 15 is 0 Å². The fourth-order valence-electron chi connectivity index (χ4n) is 1.66. The largest absolute Gasteiger partial charge is 0.486 e. The molecule has 3 nitrogen and oxygen atoms in total. The number of hydrogen-bond acceptors (Lipinski definition) is 3. The molecule has 0 unspecified atom stereocenters. The molecule has 1 heterocycles. The van der Waals surface area contributed by atoms with Gasteiger partial charge in [0, 0.05) is 5.69 Å². The predicted octanol–water partition coefficient (Wildman–Crippen LogP) is 3.58. The Morgan fingerprint density at radius 3 is 2.78 bits per heavy atom. The van der Waals surface area contributed by atoms with Crippen molar-refractivity contribution in [3.8, 4) is 5.75 Å². The SMILES string of the molecule is CCc1cccc(OCc2nc(C)cc(Cl)n2)c1. The molecular formula is C14H15ClN2O. The molecule has 0 N–H and O–H groups in total. The maximum absolute atomic E-state index is 5.87. The second-order valence-corrected chi connectivity index (χ2v) is 4.43. The van der Waals surface area contributed by atoms with E-state index in [-0.39, 0.29) is 0 Å². The van der Waals surface area contributed by atoms with E-state index in [0.717, 1.165) is 17.9 Å². The molecule has 0 radical (unpaired) electrons. The van der Waals surface area contributed by atoms with E-state index in [2.05, 4.69) is 23.0 Å². The van der Waals surface area contributed by atoms with Crippen molar-refractivity contribution in [1.82, 2.24) is 9.97 Å². The van der Waals surface area contributed by atoms with Gasteiger partial charge in [0.15, 0.2) is 5.82 Å². The number of nitrogens with zero attached hydrogens (tertiary/aromatic N) is 2. The van der Waals surface area contributed by atoms with Crippen LogP contribution in [0.1, 0.15) is 24.0 Å². The van der Waals surface area contributed by atoms with Crippen molar-refractivity contribution in [2.24, 2.45) is 0 Å². The molecule has 4 heteroatoms. The molecule has 1 aromatic heterocycles. The van der Waals surface area contributed by atoms with Crippen LogP contribution in [0.25, 0.3) is 0 Å². The second-order valence-electron chi connectivity index (χ2n) is 4.04. The fourth-order valence-corrected chi connectivity index (χ4v) is 1.91. The normalized spacial score (nSPS) is 10.4. The summed E-state index contributed by atoms with van der Waals surface area (Å²) < 4.78 is 5.66. The van der Waals surface area contributed by atoms with Crippen LogP contribution in [-0.4, -0.2) is 9.97 Å². The summed E-state index contributed by atoms with van der Waals surface area (Å²) in [5.74, 6) is 1.43. The van der Waals surface area contributed by atoms with Crippen molar-refractivity contribution in [2.45, 2.75) is 26.9 Å².